The molecule has 0 unspecified atom stereocenters. The normalized spacial score (nSPS) is 10.6. The van der Waals surface area contributed by atoms with E-state index in [0.29, 0.717) is 21.8 Å². The van der Waals surface area contributed by atoms with Crippen molar-refractivity contribution in [3.63, 3.8) is 0 Å². The number of nitrogens with zero attached hydrogens (tertiary/aromatic N) is 2. The summed E-state index contributed by atoms with van der Waals surface area (Å²) in [5.74, 6) is 2.44. The third-order valence-electron chi connectivity index (χ3n) is 3.96. The Bertz CT molecular complexity index is 981. The predicted octanol–water partition coefficient (Wildman–Crippen LogP) is 4.88. The van der Waals surface area contributed by atoms with Gasteiger partial charge in [0, 0.05) is 16.3 Å². The number of nitrogens with one attached hydrogen (secondary N) is 1. The topological polar surface area (TPSA) is 46.9 Å². The molecule has 3 aromatic rings. The maximum atomic E-state index is 12.8. The Hall–Kier alpha value is -3.03. The number of hydrogen-bond acceptors (Lipinski definition) is 2. The lowest BCUT2D eigenvalue weighted by Crippen LogP contribution is -2.15. The van der Waals surface area contributed by atoms with Crippen molar-refractivity contribution < 1.29 is 4.79 Å². The van der Waals surface area contributed by atoms with E-state index in [0.717, 1.165) is 11.4 Å². The molecule has 0 fully saturated rings. The summed E-state index contributed by atoms with van der Waals surface area (Å²) in [4.78, 5) is 12.8. The van der Waals surface area contributed by atoms with Gasteiger partial charge in [0.25, 0.3) is 5.91 Å². The van der Waals surface area contributed by atoms with Gasteiger partial charge in [-0.3, -0.25) is 4.79 Å². The monoisotopic (exact) mass is 363 g/mol. The van der Waals surface area contributed by atoms with Gasteiger partial charge in [-0.15, -0.1) is 6.42 Å². The number of terminal acetylenes is 1. The molecule has 130 valence electrons. The summed E-state index contributed by atoms with van der Waals surface area (Å²) in [5, 5.41) is 7.96. The van der Waals surface area contributed by atoms with Crippen LogP contribution in [0.2, 0.25) is 5.02 Å². The van der Waals surface area contributed by atoms with Crippen LogP contribution >= 0.6 is 11.6 Å². The zero-order valence-corrected chi connectivity index (χ0v) is 15.3. The van der Waals surface area contributed by atoms with Crippen molar-refractivity contribution in [2.45, 2.75) is 19.8 Å². The maximum absolute atomic E-state index is 12.8. The number of halogens is 1. The Morgan fingerprint density at radius 1 is 1.23 bits per heavy atom. The van der Waals surface area contributed by atoms with E-state index in [1.165, 1.54) is 0 Å². The second kappa shape index (κ2) is 7.47. The first-order chi connectivity index (χ1) is 12.5. The molecule has 0 bridgehead atoms. The van der Waals surface area contributed by atoms with Gasteiger partial charge in [-0.25, -0.2) is 4.68 Å². The lowest BCUT2D eigenvalue weighted by molar-refractivity contribution is 0.102. The van der Waals surface area contributed by atoms with Crippen LogP contribution in [0.15, 0.2) is 54.7 Å². The highest BCUT2D eigenvalue weighted by Crippen LogP contribution is 2.25. The molecular weight excluding hydrogens is 346 g/mol. The van der Waals surface area contributed by atoms with Crippen molar-refractivity contribution in [2.75, 3.05) is 5.32 Å². The van der Waals surface area contributed by atoms with E-state index in [1.54, 1.807) is 35.1 Å². The van der Waals surface area contributed by atoms with E-state index in [9.17, 15) is 4.79 Å². The molecule has 1 aromatic heterocycles. The Kier molecular flexibility index (Phi) is 5.11. The quantitative estimate of drug-likeness (QED) is 0.671. The minimum absolute atomic E-state index is 0.103. The lowest BCUT2D eigenvalue weighted by atomic mass is 10.0. The van der Waals surface area contributed by atoms with Gasteiger partial charge < -0.3 is 5.32 Å². The number of benzene rings is 2. The molecule has 3 rings (SSSR count). The van der Waals surface area contributed by atoms with Gasteiger partial charge in [0.1, 0.15) is 0 Å². The van der Waals surface area contributed by atoms with Crippen LogP contribution in [-0.4, -0.2) is 15.7 Å². The standard InChI is InChI=1S/C21H18ClN3O/c1-4-15-6-5-7-17(12-15)24-21(26)19-13-23-25(20(19)14(2)3)18-10-8-16(22)9-11-18/h1,5-14H,2-3H3,(H,24,26). The van der Waals surface area contributed by atoms with E-state index >= 15 is 0 Å². The van der Waals surface area contributed by atoms with Crippen molar-refractivity contribution in [2.24, 2.45) is 0 Å². The molecule has 0 aliphatic heterocycles. The van der Waals surface area contributed by atoms with Crippen molar-refractivity contribution in [3.05, 3.63) is 76.6 Å². The van der Waals surface area contributed by atoms with Crippen LogP contribution in [0.25, 0.3) is 5.69 Å². The van der Waals surface area contributed by atoms with Crippen LogP contribution in [0.1, 0.15) is 41.4 Å². The molecular formula is C21H18ClN3O. The Labute approximate surface area is 157 Å². The maximum Gasteiger partial charge on any atom is 0.259 e. The smallest absolute Gasteiger partial charge is 0.259 e. The summed E-state index contributed by atoms with van der Waals surface area (Å²) >= 11 is 5.96. The molecule has 0 spiro atoms. The molecule has 1 amide bonds. The van der Waals surface area contributed by atoms with Crippen LogP contribution in [0.3, 0.4) is 0 Å². The van der Waals surface area contributed by atoms with Gasteiger partial charge in [-0.05, 0) is 48.4 Å². The second-order valence-corrected chi connectivity index (χ2v) is 6.60. The summed E-state index contributed by atoms with van der Waals surface area (Å²) in [5.41, 5.74) is 3.58. The minimum atomic E-state index is -0.219. The highest BCUT2D eigenvalue weighted by Gasteiger charge is 2.21. The summed E-state index contributed by atoms with van der Waals surface area (Å²) in [6.07, 6.45) is 7.00. The Balaban J connectivity index is 1.96. The number of amides is 1. The first-order valence-electron chi connectivity index (χ1n) is 8.21. The molecule has 4 nitrogen and oxygen atoms in total. The Morgan fingerprint density at radius 3 is 2.62 bits per heavy atom. The van der Waals surface area contributed by atoms with Gasteiger partial charge in [-0.2, -0.15) is 5.10 Å². The van der Waals surface area contributed by atoms with Gasteiger partial charge in [-0.1, -0.05) is 37.4 Å². The van der Waals surface area contributed by atoms with Crippen LogP contribution in [0, 0.1) is 12.3 Å². The molecule has 5 heteroatoms. The summed E-state index contributed by atoms with van der Waals surface area (Å²) in [6.45, 7) is 4.05. The third-order valence-corrected chi connectivity index (χ3v) is 4.21. The zero-order valence-electron chi connectivity index (χ0n) is 14.5. The van der Waals surface area contributed by atoms with Crippen molar-refractivity contribution in [1.29, 1.82) is 0 Å². The summed E-state index contributed by atoms with van der Waals surface area (Å²) in [7, 11) is 0. The second-order valence-electron chi connectivity index (χ2n) is 6.17. The van der Waals surface area contributed by atoms with E-state index in [1.807, 2.05) is 38.1 Å². The van der Waals surface area contributed by atoms with Crippen molar-refractivity contribution >= 4 is 23.2 Å². The molecule has 0 saturated heterocycles. The first-order valence-corrected chi connectivity index (χ1v) is 8.59. The van der Waals surface area contributed by atoms with Gasteiger partial charge in [0.05, 0.1) is 23.1 Å². The molecule has 26 heavy (non-hydrogen) atoms. The fraction of sp³-hybridized carbons (Fsp3) is 0.143. The van der Waals surface area contributed by atoms with Crippen molar-refractivity contribution in [3.8, 4) is 18.0 Å². The molecule has 0 atom stereocenters. The summed E-state index contributed by atoms with van der Waals surface area (Å²) in [6, 6.07) is 14.5. The fourth-order valence-electron chi connectivity index (χ4n) is 2.76. The third kappa shape index (κ3) is 3.63. The molecule has 2 aromatic carbocycles. The first kappa shape index (κ1) is 17.8. The minimum Gasteiger partial charge on any atom is -0.322 e. The van der Waals surface area contributed by atoms with Crippen LogP contribution < -0.4 is 5.32 Å². The number of anilines is 1. The number of hydrogen-bond donors (Lipinski definition) is 1. The molecule has 0 saturated carbocycles. The number of aromatic nitrogens is 2. The number of rotatable bonds is 4. The van der Waals surface area contributed by atoms with Gasteiger partial charge in [0.2, 0.25) is 0 Å². The molecule has 0 radical (unpaired) electrons. The summed E-state index contributed by atoms with van der Waals surface area (Å²) < 4.78 is 1.77. The molecule has 1 N–H and O–H groups in total. The van der Waals surface area contributed by atoms with Crippen LogP contribution in [-0.2, 0) is 0 Å². The molecule has 0 aliphatic carbocycles. The SMILES string of the molecule is C#Cc1cccc(NC(=O)c2cnn(-c3ccc(Cl)cc3)c2C(C)C)c1. The van der Waals surface area contributed by atoms with Crippen LogP contribution in [0.5, 0.6) is 0 Å². The van der Waals surface area contributed by atoms with E-state index in [-0.39, 0.29) is 11.8 Å². The van der Waals surface area contributed by atoms with E-state index in [4.69, 9.17) is 18.0 Å². The molecule has 1 heterocycles. The van der Waals surface area contributed by atoms with Gasteiger partial charge in [0.15, 0.2) is 0 Å². The fourth-order valence-corrected chi connectivity index (χ4v) is 2.89. The molecule has 0 aliphatic rings. The number of carbonyl (C=O) groups excluding carboxylic acids is 1. The average Bonchev–Trinajstić information content (AvgIpc) is 3.08. The van der Waals surface area contributed by atoms with E-state index in [2.05, 4.69) is 16.3 Å². The van der Waals surface area contributed by atoms with Crippen molar-refractivity contribution in [1.82, 2.24) is 9.78 Å². The highest BCUT2D eigenvalue weighted by molar-refractivity contribution is 6.30. The average molecular weight is 364 g/mol. The Morgan fingerprint density at radius 2 is 1.96 bits per heavy atom. The highest BCUT2D eigenvalue weighted by atomic mass is 35.5. The van der Waals surface area contributed by atoms with Gasteiger partial charge >= 0.3 is 0 Å². The largest absolute Gasteiger partial charge is 0.322 e. The lowest BCUT2D eigenvalue weighted by Gasteiger charge is -2.13. The predicted molar refractivity (Wildman–Crippen MR) is 105 cm³/mol. The zero-order chi connectivity index (χ0) is 18.7. The number of carbonyl (C=O) groups is 1. The van der Waals surface area contributed by atoms with Crippen LogP contribution in [0.4, 0.5) is 5.69 Å². The van der Waals surface area contributed by atoms with E-state index < -0.39 is 0 Å².